The Morgan fingerprint density at radius 1 is 1.38 bits per heavy atom. The van der Waals surface area contributed by atoms with E-state index in [1.807, 2.05) is 30.3 Å². The van der Waals surface area contributed by atoms with E-state index in [1.54, 1.807) is 11.1 Å². The number of rotatable bonds is 4. The predicted molar refractivity (Wildman–Crippen MR) is 77.2 cm³/mol. The number of carbonyl (C=O) groups excluding carboxylic acids is 2. The summed E-state index contributed by atoms with van der Waals surface area (Å²) in [5, 5.41) is 9.16. The van der Waals surface area contributed by atoms with Crippen LogP contribution in [-0.2, 0) is 16.1 Å². The Kier molecular flexibility index (Phi) is 3.68. The van der Waals surface area contributed by atoms with Crippen LogP contribution in [0.1, 0.15) is 12.0 Å². The molecule has 1 aromatic heterocycles. The van der Waals surface area contributed by atoms with Crippen molar-refractivity contribution in [2.45, 2.75) is 13.0 Å². The molecule has 108 valence electrons. The van der Waals surface area contributed by atoms with Crippen molar-refractivity contribution < 1.29 is 9.59 Å². The molecule has 6 nitrogen and oxygen atoms in total. The van der Waals surface area contributed by atoms with Gasteiger partial charge in [-0.3, -0.25) is 14.7 Å². The van der Waals surface area contributed by atoms with Gasteiger partial charge in [-0.25, -0.2) is 0 Å². The van der Waals surface area contributed by atoms with Crippen molar-refractivity contribution in [3.05, 3.63) is 48.3 Å². The fraction of sp³-hybridized carbons (Fsp3) is 0.267. The zero-order chi connectivity index (χ0) is 14.7. The second-order valence-corrected chi connectivity index (χ2v) is 5.14. The highest BCUT2D eigenvalue weighted by Gasteiger charge is 2.34. The second kappa shape index (κ2) is 5.78. The van der Waals surface area contributed by atoms with Crippen LogP contribution < -0.4 is 5.32 Å². The molecule has 3 rings (SSSR count). The Morgan fingerprint density at radius 2 is 2.19 bits per heavy atom. The maximum absolute atomic E-state index is 12.1. The number of nitrogens with one attached hydrogen (secondary N) is 2. The van der Waals surface area contributed by atoms with Gasteiger partial charge < -0.3 is 10.2 Å². The summed E-state index contributed by atoms with van der Waals surface area (Å²) >= 11 is 0. The summed E-state index contributed by atoms with van der Waals surface area (Å²) in [6.45, 7) is 1.01. The van der Waals surface area contributed by atoms with Crippen LogP contribution in [0.25, 0.3) is 0 Å². The third-order valence-electron chi connectivity index (χ3n) is 3.57. The lowest BCUT2D eigenvalue weighted by molar-refractivity contribution is -0.128. The van der Waals surface area contributed by atoms with Crippen molar-refractivity contribution in [1.82, 2.24) is 15.1 Å². The van der Waals surface area contributed by atoms with Gasteiger partial charge in [0, 0.05) is 25.7 Å². The lowest BCUT2D eigenvalue weighted by Gasteiger charge is -2.16. The summed E-state index contributed by atoms with van der Waals surface area (Å²) < 4.78 is 0. The highest BCUT2D eigenvalue weighted by molar-refractivity contribution is 5.97. The third kappa shape index (κ3) is 3.10. The van der Waals surface area contributed by atoms with Gasteiger partial charge in [0.25, 0.3) is 0 Å². The van der Waals surface area contributed by atoms with E-state index in [0.717, 1.165) is 5.56 Å². The molecule has 0 spiro atoms. The van der Waals surface area contributed by atoms with Gasteiger partial charge in [0.2, 0.25) is 11.8 Å². The quantitative estimate of drug-likeness (QED) is 0.890. The van der Waals surface area contributed by atoms with Gasteiger partial charge in [-0.1, -0.05) is 30.3 Å². The summed E-state index contributed by atoms with van der Waals surface area (Å²) in [6, 6.07) is 9.78. The van der Waals surface area contributed by atoms with E-state index in [4.69, 9.17) is 0 Å². The number of anilines is 1. The molecule has 1 aromatic carbocycles. The van der Waals surface area contributed by atoms with Crippen LogP contribution >= 0.6 is 0 Å². The first-order valence-corrected chi connectivity index (χ1v) is 6.84. The Balaban J connectivity index is 1.60. The Bertz CT molecular complexity index is 624. The zero-order valence-corrected chi connectivity index (χ0v) is 11.5. The van der Waals surface area contributed by atoms with Gasteiger partial charge in [-0.15, -0.1) is 0 Å². The minimum Gasteiger partial charge on any atom is -0.338 e. The molecule has 2 amide bonds. The first kappa shape index (κ1) is 13.4. The minimum atomic E-state index is -0.309. The van der Waals surface area contributed by atoms with Gasteiger partial charge in [-0.05, 0) is 5.56 Å². The summed E-state index contributed by atoms with van der Waals surface area (Å²) in [5.41, 5.74) is 1.69. The Labute approximate surface area is 122 Å². The first-order chi connectivity index (χ1) is 10.2. The normalized spacial score (nSPS) is 18.0. The summed E-state index contributed by atoms with van der Waals surface area (Å²) in [6.07, 6.45) is 3.41. The topological polar surface area (TPSA) is 78.1 Å². The molecule has 1 unspecified atom stereocenters. The molecule has 0 aliphatic carbocycles. The van der Waals surface area contributed by atoms with Crippen LogP contribution in [0.3, 0.4) is 0 Å². The Morgan fingerprint density at radius 3 is 2.90 bits per heavy atom. The molecule has 6 heteroatoms. The van der Waals surface area contributed by atoms with Crippen molar-refractivity contribution in [2.24, 2.45) is 5.92 Å². The van der Waals surface area contributed by atoms with Crippen LogP contribution in [0.2, 0.25) is 0 Å². The largest absolute Gasteiger partial charge is 0.338 e. The molecule has 1 aliphatic rings. The molecule has 2 aromatic rings. The number of nitrogens with zero attached hydrogens (tertiary/aromatic N) is 2. The van der Waals surface area contributed by atoms with Crippen LogP contribution in [0.4, 0.5) is 5.69 Å². The average molecular weight is 284 g/mol. The number of likely N-dealkylation sites (tertiary alicyclic amines) is 1. The SMILES string of the molecule is O=C(Nc1cn[nH]c1)C1CC(=O)N(Cc2ccccc2)C1. The van der Waals surface area contributed by atoms with Crippen molar-refractivity contribution in [3.8, 4) is 0 Å². The summed E-state index contributed by atoms with van der Waals surface area (Å²) in [5.74, 6) is -0.428. The molecule has 1 fully saturated rings. The van der Waals surface area contributed by atoms with Crippen molar-refractivity contribution >= 4 is 17.5 Å². The standard InChI is InChI=1S/C15H16N4O2/c20-14-6-12(15(21)18-13-7-16-17-8-13)10-19(14)9-11-4-2-1-3-5-11/h1-5,7-8,12H,6,9-10H2,(H,16,17)(H,18,21). The molecule has 1 atom stereocenters. The van der Waals surface area contributed by atoms with Gasteiger partial charge in [0.15, 0.2) is 0 Å². The fourth-order valence-corrected chi connectivity index (χ4v) is 2.47. The maximum Gasteiger partial charge on any atom is 0.229 e. The molecule has 0 saturated carbocycles. The van der Waals surface area contributed by atoms with E-state index in [9.17, 15) is 9.59 Å². The van der Waals surface area contributed by atoms with Crippen LogP contribution in [0, 0.1) is 5.92 Å². The van der Waals surface area contributed by atoms with E-state index < -0.39 is 0 Å². The number of aromatic nitrogens is 2. The number of benzene rings is 1. The van der Waals surface area contributed by atoms with Gasteiger partial charge in [0.1, 0.15) is 0 Å². The van der Waals surface area contributed by atoms with Gasteiger partial charge >= 0.3 is 0 Å². The predicted octanol–water partition coefficient (Wildman–Crippen LogP) is 1.40. The van der Waals surface area contributed by atoms with E-state index in [2.05, 4.69) is 15.5 Å². The van der Waals surface area contributed by atoms with Crippen LogP contribution in [0.15, 0.2) is 42.7 Å². The van der Waals surface area contributed by atoms with Crippen molar-refractivity contribution in [2.75, 3.05) is 11.9 Å². The van der Waals surface area contributed by atoms with Crippen molar-refractivity contribution in [1.29, 1.82) is 0 Å². The molecular weight excluding hydrogens is 268 g/mol. The smallest absolute Gasteiger partial charge is 0.229 e. The molecular formula is C15H16N4O2. The minimum absolute atomic E-state index is 0.0196. The van der Waals surface area contributed by atoms with Crippen molar-refractivity contribution in [3.63, 3.8) is 0 Å². The monoisotopic (exact) mass is 284 g/mol. The molecule has 1 aliphatic heterocycles. The van der Waals surface area contributed by atoms with Crippen LogP contribution in [-0.4, -0.2) is 33.5 Å². The summed E-state index contributed by atoms with van der Waals surface area (Å²) in [7, 11) is 0. The maximum atomic E-state index is 12.1. The molecule has 2 heterocycles. The fourth-order valence-electron chi connectivity index (χ4n) is 2.47. The van der Waals surface area contributed by atoms with E-state index in [0.29, 0.717) is 18.8 Å². The lowest BCUT2D eigenvalue weighted by Crippen LogP contribution is -2.27. The van der Waals surface area contributed by atoms with E-state index in [1.165, 1.54) is 6.20 Å². The molecule has 0 radical (unpaired) electrons. The van der Waals surface area contributed by atoms with Gasteiger partial charge in [0.05, 0.1) is 17.8 Å². The average Bonchev–Trinajstić information content (AvgIpc) is 3.11. The molecule has 0 bridgehead atoms. The third-order valence-corrected chi connectivity index (χ3v) is 3.57. The van der Waals surface area contributed by atoms with E-state index in [-0.39, 0.29) is 24.2 Å². The molecule has 1 saturated heterocycles. The zero-order valence-electron chi connectivity index (χ0n) is 11.5. The molecule has 21 heavy (non-hydrogen) atoms. The second-order valence-electron chi connectivity index (χ2n) is 5.14. The highest BCUT2D eigenvalue weighted by atomic mass is 16.2. The first-order valence-electron chi connectivity index (χ1n) is 6.84. The lowest BCUT2D eigenvalue weighted by atomic mass is 10.1. The van der Waals surface area contributed by atoms with Gasteiger partial charge in [-0.2, -0.15) is 5.10 Å². The number of hydrogen-bond donors (Lipinski definition) is 2. The Hall–Kier alpha value is -2.63. The number of aromatic amines is 1. The number of carbonyl (C=O) groups is 2. The number of hydrogen-bond acceptors (Lipinski definition) is 3. The number of H-pyrrole nitrogens is 1. The number of amides is 2. The van der Waals surface area contributed by atoms with E-state index >= 15 is 0 Å². The summed E-state index contributed by atoms with van der Waals surface area (Å²) in [4.78, 5) is 25.9. The van der Waals surface area contributed by atoms with Crippen LogP contribution in [0.5, 0.6) is 0 Å². The highest BCUT2D eigenvalue weighted by Crippen LogP contribution is 2.21. The molecule has 2 N–H and O–H groups in total.